The first-order valence-electron chi connectivity index (χ1n) is 9.25. The fourth-order valence-electron chi connectivity index (χ4n) is 2.93. The fraction of sp³-hybridized carbons (Fsp3) is 0.286. The van der Waals surface area contributed by atoms with Crippen LogP contribution >= 0.6 is 23.4 Å². The Kier molecular flexibility index (Phi) is 7.55. The number of nitrogens with one attached hydrogen (secondary N) is 1. The molecule has 8 heteroatoms. The summed E-state index contributed by atoms with van der Waals surface area (Å²) in [6, 6.07) is 13.6. The van der Waals surface area contributed by atoms with E-state index in [2.05, 4.69) is 5.32 Å². The normalized spacial score (nSPS) is 13.2. The average molecular weight is 433 g/mol. The SMILES string of the molecule is O=C(COC(=O)c1ccccc1SCC(=O)N1CCCC1)Nc1cccc(Cl)c1. The summed E-state index contributed by atoms with van der Waals surface area (Å²) in [6.45, 7) is 1.17. The molecule has 2 aromatic rings. The summed E-state index contributed by atoms with van der Waals surface area (Å²) in [7, 11) is 0. The topological polar surface area (TPSA) is 75.7 Å². The van der Waals surface area contributed by atoms with Gasteiger partial charge in [0, 0.05) is 28.7 Å². The van der Waals surface area contributed by atoms with Crippen molar-refractivity contribution in [2.24, 2.45) is 0 Å². The van der Waals surface area contributed by atoms with Crippen LogP contribution in [0, 0.1) is 0 Å². The van der Waals surface area contributed by atoms with Crippen LogP contribution in [0.4, 0.5) is 5.69 Å². The van der Waals surface area contributed by atoms with Crippen molar-refractivity contribution in [1.29, 1.82) is 0 Å². The van der Waals surface area contributed by atoms with Crippen LogP contribution in [-0.2, 0) is 14.3 Å². The van der Waals surface area contributed by atoms with Crippen LogP contribution in [-0.4, -0.2) is 48.1 Å². The number of likely N-dealkylation sites (tertiary alicyclic amines) is 1. The fourth-order valence-corrected chi connectivity index (χ4v) is 4.06. The number of nitrogens with zero attached hydrogens (tertiary/aromatic N) is 1. The van der Waals surface area contributed by atoms with Gasteiger partial charge < -0.3 is 15.0 Å². The molecule has 0 radical (unpaired) electrons. The summed E-state index contributed by atoms with van der Waals surface area (Å²) in [5, 5.41) is 3.11. The van der Waals surface area contributed by atoms with Crippen LogP contribution in [0.25, 0.3) is 0 Å². The van der Waals surface area contributed by atoms with Crippen molar-refractivity contribution in [3.63, 3.8) is 0 Å². The minimum absolute atomic E-state index is 0.0663. The molecule has 0 bridgehead atoms. The molecular weight excluding hydrogens is 412 g/mol. The zero-order valence-electron chi connectivity index (χ0n) is 15.7. The van der Waals surface area contributed by atoms with Crippen molar-refractivity contribution in [3.05, 3.63) is 59.1 Å². The lowest BCUT2D eigenvalue weighted by Gasteiger charge is -2.15. The maximum atomic E-state index is 12.4. The number of halogens is 1. The standard InChI is InChI=1S/C21H21ClN2O4S/c22-15-6-5-7-16(12-15)23-19(25)13-28-21(27)17-8-1-2-9-18(17)29-14-20(26)24-10-3-4-11-24/h1-2,5-9,12H,3-4,10-11,13-14H2,(H,23,25). The molecule has 29 heavy (non-hydrogen) atoms. The molecule has 0 saturated carbocycles. The molecule has 6 nitrogen and oxygen atoms in total. The summed E-state index contributed by atoms with van der Waals surface area (Å²) < 4.78 is 5.15. The van der Waals surface area contributed by atoms with Gasteiger partial charge in [-0.15, -0.1) is 11.8 Å². The van der Waals surface area contributed by atoms with Crippen molar-refractivity contribution < 1.29 is 19.1 Å². The van der Waals surface area contributed by atoms with Crippen molar-refractivity contribution in [2.75, 3.05) is 30.8 Å². The largest absolute Gasteiger partial charge is 0.452 e. The zero-order chi connectivity index (χ0) is 20.6. The van der Waals surface area contributed by atoms with Gasteiger partial charge in [-0.2, -0.15) is 0 Å². The quantitative estimate of drug-likeness (QED) is 0.531. The molecule has 0 aliphatic carbocycles. The number of ether oxygens (including phenoxy) is 1. The molecule has 2 aromatic carbocycles. The van der Waals surface area contributed by atoms with Gasteiger partial charge >= 0.3 is 5.97 Å². The van der Waals surface area contributed by atoms with E-state index < -0.39 is 18.5 Å². The summed E-state index contributed by atoms with van der Waals surface area (Å²) in [5.74, 6) is -0.742. The van der Waals surface area contributed by atoms with Gasteiger partial charge in [-0.05, 0) is 43.2 Å². The average Bonchev–Trinajstić information content (AvgIpc) is 3.25. The van der Waals surface area contributed by atoms with Crippen molar-refractivity contribution in [1.82, 2.24) is 4.90 Å². The second kappa shape index (κ2) is 10.3. The second-order valence-electron chi connectivity index (χ2n) is 6.51. The predicted molar refractivity (Wildman–Crippen MR) is 113 cm³/mol. The Morgan fingerprint density at radius 1 is 1.07 bits per heavy atom. The molecule has 1 heterocycles. The van der Waals surface area contributed by atoms with Crippen LogP contribution in [0.15, 0.2) is 53.4 Å². The molecule has 1 saturated heterocycles. The third kappa shape index (κ3) is 6.24. The first kappa shape index (κ1) is 21.2. The number of carbonyl (C=O) groups excluding carboxylic acids is 3. The van der Waals surface area contributed by atoms with Gasteiger partial charge in [0.25, 0.3) is 5.91 Å². The Bertz CT molecular complexity index is 900. The Morgan fingerprint density at radius 3 is 2.59 bits per heavy atom. The zero-order valence-corrected chi connectivity index (χ0v) is 17.3. The van der Waals surface area contributed by atoms with Crippen molar-refractivity contribution in [3.8, 4) is 0 Å². The molecule has 3 rings (SSSR count). The van der Waals surface area contributed by atoms with E-state index in [0.717, 1.165) is 25.9 Å². The number of anilines is 1. The molecule has 0 unspecified atom stereocenters. The highest BCUT2D eigenvalue weighted by molar-refractivity contribution is 8.00. The van der Waals surface area contributed by atoms with Gasteiger partial charge in [-0.25, -0.2) is 4.79 Å². The molecule has 0 aromatic heterocycles. The molecule has 0 atom stereocenters. The van der Waals surface area contributed by atoms with Gasteiger partial charge in [0.15, 0.2) is 6.61 Å². The first-order valence-corrected chi connectivity index (χ1v) is 10.6. The Morgan fingerprint density at radius 2 is 1.83 bits per heavy atom. The molecule has 1 N–H and O–H groups in total. The van der Waals surface area contributed by atoms with Crippen LogP contribution in [0.2, 0.25) is 5.02 Å². The summed E-state index contributed by atoms with van der Waals surface area (Å²) >= 11 is 7.18. The highest BCUT2D eigenvalue weighted by Crippen LogP contribution is 2.24. The molecule has 1 aliphatic heterocycles. The number of amides is 2. The van der Waals surface area contributed by atoms with Gasteiger partial charge in [-0.3, -0.25) is 9.59 Å². The predicted octanol–water partition coefficient (Wildman–Crippen LogP) is 3.85. The Hall–Kier alpha value is -2.51. The van der Waals surface area contributed by atoms with E-state index in [1.807, 2.05) is 4.90 Å². The lowest BCUT2D eigenvalue weighted by molar-refractivity contribution is -0.127. The monoisotopic (exact) mass is 432 g/mol. The molecule has 2 amide bonds. The summed E-state index contributed by atoms with van der Waals surface area (Å²) in [5.41, 5.74) is 0.859. The van der Waals surface area contributed by atoms with Gasteiger partial charge in [0.05, 0.1) is 11.3 Å². The van der Waals surface area contributed by atoms with Crippen molar-refractivity contribution >= 4 is 46.8 Å². The molecule has 0 spiro atoms. The van der Waals surface area contributed by atoms with E-state index in [1.54, 1.807) is 48.5 Å². The number of thioether (sulfide) groups is 1. The van der Waals surface area contributed by atoms with E-state index in [0.29, 0.717) is 21.2 Å². The minimum atomic E-state index is -0.608. The van der Waals surface area contributed by atoms with Gasteiger partial charge in [0.2, 0.25) is 5.91 Å². The molecule has 152 valence electrons. The minimum Gasteiger partial charge on any atom is -0.452 e. The Labute approximate surface area is 178 Å². The number of carbonyl (C=O) groups is 3. The van der Waals surface area contributed by atoms with E-state index in [-0.39, 0.29) is 11.7 Å². The maximum absolute atomic E-state index is 12.4. The number of hydrogen-bond donors (Lipinski definition) is 1. The van der Waals surface area contributed by atoms with E-state index in [1.165, 1.54) is 11.8 Å². The highest BCUT2D eigenvalue weighted by Gasteiger charge is 2.20. The smallest absolute Gasteiger partial charge is 0.339 e. The molecular formula is C21H21ClN2O4S. The van der Waals surface area contributed by atoms with Gasteiger partial charge in [-0.1, -0.05) is 29.8 Å². The van der Waals surface area contributed by atoms with E-state index in [4.69, 9.17) is 16.3 Å². The van der Waals surface area contributed by atoms with Crippen molar-refractivity contribution in [2.45, 2.75) is 17.7 Å². The second-order valence-corrected chi connectivity index (χ2v) is 7.96. The number of hydrogen-bond acceptors (Lipinski definition) is 5. The van der Waals surface area contributed by atoms with Crippen LogP contribution in [0.1, 0.15) is 23.2 Å². The first-order chi connectivity index (χ1) is 14.0. The molecule has 1 fully saturated rings. The van der Waals surface area contributed by atoms with E-state index >= 15 is 0 Å². The number of esters is 1. The lowest BCUT2D eigenvalue weighted by Crippen LogP contribution is -2.29. The van der Waals surface area contributed by atoms with Crippen LogP contribution in [0.5, 0.6) is 0 Å². The summed E-state index contributed by atoms with van der Waals surface area (Å²) in [4.78, 5) is 39.2. The van der Waals surface area contributed by atoms with Gasteiger partial charge in [0.1, 0.15) is 0 Å². The number of rotatable bonds is 7. The highest BCUT2D eigenvalue weighted by atomic mass is 35.5. The third-order valence-corrected chi connectivity index (χ3v) is 5.65. The van der Waals surface area contributed by atoms with Crippen LogP contribution in [0.3, 0.4) is 0 Å². The third-order valence-electron chi connectivity index (χ3n) is 4.36. The van der Waals surface area contributed by atoms with Crippen LogP contribution < -0.4 is 5.32 Å². The van der Waals surface area contributed by atoms with E-state index in [9.17, 15) is 14.4 Å². The lowest BCUT2D eigenvalue weighted by atomic mass is 10.2. The Balaban J connectivity index is 1.53. The number of benzene rings is 2. The molecule has 1 aliphatic rings. The summed E-state index contributed by atoms with van der Waals surface area (Å²) in [6.07, 6.45) is 2.08. The maximum Gasteiger partial charge on any atom is 0.339 e.